The molecule has 0 aliphatic heterocycles. The van der Waals surface area contributed by atoms with Crippen molar-refractivity contribution in [3.63, 3.8) is 0 Å². The molecule has 0 fully saturated rings. The van der Waals surface area contributed by atoms with E-state index in [1.807, 2.05) is 73.7 Å². The second-order valence-corrected chi connectivity index (χ2v) is 5.12. The van der Waals surface area contributed by atoms with Crippen molar-refractivity contribution in [3.05, 3.63) is 85.2 Å². The fourth-order valence-corrected chi connectivity index (χ4v) is 2.24. The number of nitrogens with zero attached hydrogens (tertiary/aromatic N) is 3. The Morgan fingerprint density at radius 3 is 1.70 bits per heavy atom. The van der Waals surface area contributed by atoms with Crippen LogP contribution in [0.1, 0.15) is 12.7 Å². The van der Waals surface area contributed by atoms with Crippen LogP contribution in [-0.2, 0) is 0 Å². The average Bonchev–Trinajstić information content (AvgIpc) is 2.63. The third-order valence-corrected chi connectivity index (χ3v) is 3.42. The van der Waals surface area contributed by atoms with Crippen LogP contribution < -0.4 is 0 Å². The van der Waals surface area contributed by atoms with Crippen molar-refractivity contribution in [1.82, 2.24) is 15.0 Å². The normalized spacial score (nSPS) is 11.3. The molecular formula is C20H17N3. The number of allylic oxidation sites excluding steroid dienone is 3. The Morgan fingerprint density at radius 2 is 1.26 bits per heavy atom. The minimum atomic E-state index is 0.664. The summed E-state index contributed by atoms with van der Waals surface area (Å²) in [5.41, 5.74) is 2.90. The molecule has 1 aromatic heterocycles. The molecular weight excluding hydrogens is 282 g/mol. The molecule has 2 aromatic carbocycles. The van der Waals surface area contributed by atoms with E-state index in [4.69, 9.17) is 0 Å². The van der Waals surface area contributed by atoms with Crippen LogP contribution in [0.5, 0.6) is 0 Å². The first-order valence-electron chi connectivity index (χ1n) is 7.44. The summed E-state index contributed by atoms with van der Waals surface area (Å²) in [6, 6.07) is 19.9. The van der Waals surface area contributed by atoms with E-state index in [1.54, 1.807) is 6.08 Å². The number of hydrogen-bond acceptors (Lipinski definition) is 3. The van der Waals surface area contributed by atoms with E-state index in [-0.39, 0.29) is 0 Å². The van der Waals surface area contributed by atoms with Gasteiger partial charge in [-0.15, -0.1) is 0 Å². The molecule has 0 bridgehead atoms. The summed E-state index contributed by atoms with van der Waals surface area (Å²) in [7, 11) is 0. The lowest BCUT2D eigenvalue weighted by Crippen LogP contribution is -2.01. The van der Waals surface area contributed by atoms with Crippen molar-refractivity contribution in [1.29, 1.82) is 0 Å². The highest BCUT2D eigenvalue weighted by atomic mass is 15.0. The van der Waals surface area contributed by atoms with Crippen molar-refractivity contribution >= 4 is 5.57 Å². The first-order chi connectivity index (χ1) is 11.3. The summed E-state index contributed by atoms with van der Waals surface area (Å²) >= 11 is 0. The Kier molecular flexibility index (Phi) is 4.39. The minimum absolute atomic E-state index is 0.664. The summed E-state index contributed by atoms with van der Waals surface area (Å²) in [6.07, 6.45) is 3.64. The summed E-state index contributed by atoms with van der Waals surface area (Å²) in [4.78, 5) is 13.9. The fourth-order valence-electron chi connectivity index (χ4n) is 2.24. The predicted octanol–water partition coefficient (Wildman–Crippen LogP) is 4.79. The maximum absolute atomic E-state index is 4.64. The fraction of sp³-hybridized carbons (Fsp3) is 0.0500. The summed E-state index contributed by atoms with van der Waals surface area (Å²) in [5.74, 6) is 2.01. The molecule has 3 aromatic rings. The van der Waals surface area contributed by atoms with Crippen LogP contribution in [-0.4, -0.2) is 15.0 Å². The molecule has 0 spiro atoms. The van der Waals surface area contributed by atoms with Gasteiger partial charge < -0.3 is 0 Å². The van der Waals surface area contributed by atoms with Crippen LogP contribution >= 0.6 is 0 Å². The first-order valence-corrected chi connectivity index (χ1v) is 7.44. The molecule has 0 N–H and O–H groups in total. The molecule has 0 aliphatic rings. The van der Waals surface area contributed by atoms with Crippen LogP contribution in [0.4, 0.5) is 0 Å². The second-order valence-electron chi connectivity index (χ2n) is 5.12. The lowest BCUT2D eigenvalue weighted by molar-refractivity contribution is 1.03. The van der Waals surface area contributed by atoms with Crippen molar-refractivity contribution in [2.24, 2.45) is 0 Å². The largest absolute Gasteiger partial charge is 0.209 e. The van der Waals surface area contributed by atoms with Crippen LogP contribution in [0.3, 0.4) is 0 Å². The smallest absolute Gasteiger partial charge is 0.164 e. The zero-order chi connectivity index (χ0) is 16.1. The summed E-state index contributed by atoms with van der Waals surface area (Å²) < 4.78 is 0. The average molecular weight is 299 g/mol. The Bertz CT molecular complexity index is 780. The molecule has 3 rings (SSSR count). The van der Waals surface area contributed by atoms with Crippen molar-refractivity contribution in [3.8, 4) is 22.8 Å². The first kappa shape index (κ1) is 14.9. The SMILES string of the molecule is C=C/C=C(\C)c1nc(-c2ccccc2)nc(-c2ccccc2)n1. The topological polar surface area (TPSA) is 38.7 Å². The van der Waals surface area contributed by atoms with E-state index in [9.17, 15) is 0 Å². The molecule has 23 heavy (non-hydrogen) atoms. The number of aromatic nitrogens is 3. The van der Waals surface area contributed by atoms with Gasteiger partial charge in [0.1, 0.15) is 0 Å². The summed E-state index contributed by atoms with van der Waals surface area (Å²) in [5, 5.41) is 0. The lowest BCUT2D eigenvalue weighted by atomic mass is 10.1. The third kappa shape index (κ3) is 3.40. The Hall–Kier alpha value is -3.07. The van der Waals surface area contributed by atoms with Crippen molar-refractivity contribution in [2.75, 3.05) is 0 Å². The van der Waals surface area contributed by atoms with Gasteiger partial charge in [0.2, 0.25) is 0 Å². The van der Waals surface area contributed by atoms with E-state index in [2.05, 4.69) is 21.5 Å². The van der Waals surface area contributed by atoms with Crippen LogP contribution in [0.2, 0.25) is 0 Å². The standard InChI is InChI=1S/C20H17N3/c1-3-10-15(2)18-21-19(16-11-6-4-7-12-16)23-20(22-18)17-13-8-5-9-14-17/h3-14H,1H2,2H3/b15-10+. The molecule has 3 heteroatoms. The monoisotopic (exact) mass is 299 g/mol. The van der Waals surface area contributed by atoms with Crippen LogP contribution in [0, 0.1) is 0 Å². The zero-order valence-corrected chi connectivity index (χ0v) is 13.0. The third-order valence-electron chi connectivity index (χ3n) is 3.42. The van der Waals surface area contributed by atoms with E-state index in [0.29, 0.717) is 17.5 Å². The molecule has 1 heterocycles. The highest BCUT2D eigenvalue weighted by Crippen LogP contribution is 2.22. The maximum Gasteiger partial charge on any atom is 0.164 e. The van der Waals surface area contributed by atoms with Crippen molar-refractivity contribution in [2.45, 2.75) is 6.92 Å². The van der Waals surface area contributed by atoms with E-state index >= 15 is 0 Å². The van der Waals surface area contributed by atoms with Crippen molar-refractivity contribution < 1.29 is 0 Å². The van der Waals surface area contributed by atoms with Gasteiger partial charge in [-0.25, -0.2) is 15.0 Å². The van der Waals surface area contributed by atoms with Gasteiger partial charge in [-0.2, -0.15) is 0 Å². The van der Waals surface area contributed by atoms with Gasteiger partial charge in [0.05, 0.1) is 0 Å². The molecule has 0 saturated carbocycles. The molecule has 0 aliphatic carbocycles. The van der Waals surface area contributed by atoms with Gasteiger partial charge in [0.15, 0.2) is 17.5 Å². The van der Waals surface area contributed by atoms with Gasteiger partial charge in [0.25, 0.3) is 0 Å². The molecule has 0 saturated heterocycles. The molecule has 3 nitrogen and oxygen atoms in total. The number of benzene rings is 2. The quantitative estimate of drug-likeness (QED) is 0.650. The molecule has 0 radical (unpaired) electrons. The molecule has 112 valence electrons. The van der Waals surface area contributed by atoms with Gasteiger partial charge in [-0.3, -0.25) is 0 Å². The Morgan fingerprint density at radius 1 is 0.783 bits per heavy atom. The Balaban J connectivity index is 2.19. The van der Waals surface area contributed by atoms with Gasteiger partial charge in [0, 0.05) is 11.1 Å². The van der Waals surface area contributed by atoms with Crippen LogP contribution in [0.25, 0.3) is 28.3 Å². The van der Waals surface area contributed by atoms with E-state index in [1.165, 1.54) is 0 Å². The summed E-state index contributed by atoms with van der Waals surface area (Å²) in [6.45, 7) is 5.71. The predicted molar refractivity (Wildman–Crippen MR) is 94.5 cm³/mol. The molecule has 0 unspecified atom stereocenters. The number of rotatable bonds is 4. The minimum Gasteiger partial charge on any atom is -0.209 e. The van der Waals surface area contributed by atoms with E-state index in [0.717, 1.165) is 16.7 Å². The highest BCUT2D eigenvalue weighted by molar-refractivity contribution is 5.66. The second kappa shape index (κ2) is 6.79. The van der Waals surface area contributed by atoms with Crippen LogP contribution in [0.15, 0.2) is 79.4 Å². The zero-order valence-electron chi connectivity index (χ0n) is 13.0. The molecule has 0 atom stereocenters. The lowest BCUT2D eigenvalue weighted by Gasteiger charge is -2.08. The number of hydrogen-bond donors (Lipinski definition) is 0. The Labute approximate surface area is 136 Å². The molecule has 0 amide bonds. The maximum atomic E-state index is 4.64. The van der Waals surface area contributed by atoms with Gasteiger partial charge in [-0.05, 0) is 12.5 Å². The van der Waals surface area contributed by atoms with Gasteiger partial charge in [-0.1, -0.05) is 79.4 Å². The van der Waals surface area contributed by atoms with E-state index < -0.39 is 0 Å². The van der Waals surface area contributed by atoms with Gasteiger partial charge >= 0.3 is 0 Å². The highest BCUT2D eigenvalue weighted by Gasteiger charge is 2.10.